The molecule has 7 heteroatoms. The van der Waals surface area contributed by atoms with Gasteiger partial charge in [0.05, 0.1) is 51.8 Å². The van der Waals surface area contributed by atoms with Crippen LogP contribution >= 0.6 is 0 Å². The normalized spacial score (nSPS) is 23.4. The Morgan fingerprint density at radius 2 is 1.79 bits per heavy atom. The number of amides is 1. The number of hydrogen-bond acceptors (Lipinski definition) is 6. The van der Waals surface area contributed by atoms with E-state index in [2.05, 4.69) is 23.5 Å². The van der Waals surface area contributed by atoms with Crippen molar-refractivity contribution in [2.24, 2.45) is 5.92 Å². The van der Waals surface area contributed by atoms with Gasteiger partial charge in [-0.3, -0.25) is 4.79 Å². The van der Waals surface area contributed by atoms with Gasteiger partial charge in [0.15, 0.2) is 11.5 Å². The fourth-order valence-electron chi connectivity index (χ4n) is 5.35. The third kappa shape index (κ3) is 3.70. The van der Waals surface area contributed by atoms with E-state index in [1.807, 2.05) is 29.2 Å². The van der Waals surface area contributed by atoms with Crippen molar-refractivity contribution in [1.29, 1.82) is 0 Å². The van der Waals surface area contributed by atoms with E-state index in [-0.39, 0.29) is 17.9 Å². The first-order chi connectivity index (χ1) is 16.2. The van der Waals surface area contributed by atoms with Gasteiger partial charge in [-0.2, -0.15) is 0 Å². The fourth-order valence-corrected chi connectivity index (χ4v) is 5.35. The number of hydrogen-bond donors (Lipinski definition) is 1. The monoisotopic (exact) mass is 450 g/mol. The van der Waals surface area contributed by atoms with E-state index < -0.39 is 0 Å². The Bertz CT molecular complexity index is 1050. The molecule has 33 heavy (non-hydrogen) atoms. The summed E-state index contributed by atoms with van der Waals surface area (Å²) in [6.07, 6.45) is 5.48. The highest BCUT2D eigenvalue weighted by molar-refractivity contribution is 6.01. The number of morpholine rings is 1. The standard InChI is InChI=1S/C26H30N2O5/c1-30-21-14-16(15-22(31-2)25(21)32-3)23-18-7-4-6-17(18)19-8-5-9-20(24(19)27-23)26(29)28-10-12-33-13-11-28/h4-6,8-9,14-15,17-18,23,27H,7,10-13H2,1-3H3. The van der Waals surface area contributed by atoms with Crippen molar-refractivity contribution in [3.63, 3.8) is 0 Å². The lowest BCUT2D eigenvalue weighted by molar-refractivity contribution is 0.0303. The topological polar surface area (TPSA) is 69.3 Å². The first-order valence-corrected chi connectivity index (χ1v) is 11.4. The van der Waals surface area contributed by atoms with Gasteiger partial charge in [-0.1, -0.05) is 24.3 Å². The molecule has 3 unspecified atom stereocenters. The molecule has 1 saturated heterocycles. The zero-order chi connectivity index (χ0) is 22.9. The molecule has 0 aromatic heterocycles. The van der Waals surface area contributed by atoms with Gasteiger partial charge in [-0.05, 0) is 41.7 Å². The molecule has 0 spiro atoms. The number of allylic oxidation sites excluding steroid dienone is 2. The van der Waals surface area contributed by atoms with Crippen molar-refractivity contribution in [2.45, 2.75) is 18.4 Å². The van der Waals surface area contributed by atoms with Crippen LogP contribution in [0.25, 0.3) is 0 Å². The SMILES string of the molecule is COc1cc(C2Nc3c(C(=O)N4CCOCC4)cccc3C3C=CCC32)cc(OC)c1OC. The summed E-state index contributed by atoms with van der Waals surface area (Å²) in [5.41, 5.74) is 3.85. The lowest BCUT2D eigenvalue weighted by Crippen LogP contribution is -2.41. The largest absolute Gasteiger partial charge is 0.493 e. The van der Waals surface area contributed by atoms with Crippen molar-refractivity contribution >= 4 is 11.6 Å². The van der Waals surface area contributed by atoms with Gasteiger partial charge in [0, 0.05) is 19.0 Å². The molecule has 174 valence electrons. The predicted octanol–water partition coefficient (Wildman–Crippen LogP) is 4.01. The number of anilines is 1. The van der Waals surface area contributed by atoms with E-state index in [0.29, 0.717) is 55.0 Å². The van der Waals surface area contributed by atoms with Crippen LogP contribution in [0.2, 0.25) is 0 Å². The summed E-state index contributed by atoms with van der Waals surface area (Å²) in [5.74, 6) is 2.44. The molecule has 0 bridgehead atoms. The molecule has 5 rings (SSSR count). The molecule has 0 radical (unpaired) electrons. The Kier molecular flexibility index (Phi) is 5.89. The smallest absolute Gasteiger partial charge is 0.256 e. The number of nitrogens with one attached hydrogen (secondary N) is 1. The van der Waals surface area contributed by atoms with Gasteiger partial charge in [0.2, 0.25) is 5.75 Å². The van der Waals surface area contributed by atoms with Gasteiger partial charge in [0.1, 0.15) is 0 Å². The second-order valence-corrected chi connectivity index (χ2v) is 8.61. The molecule has 1 amide bonds. The van der Waals surface area contributed by atoms with Crippen LogP contribution in [0.15, 0.2) is 42.5 Å². The summed E-state index contributed by atoms with van der Waals surface area (Å²) in [7, 11) is 4.86. The van der Waals surface area contributed by atoms with Gasteiger partial charge < -0.3 is 29.2 Å². The van der Waals surface area contributed by atoms with E-state index in [0.717, 1.165) is 17.7 Å². The molecule has 7 nitrogen and oxygen atoms in total. The van der Waals surface area contributed by atoms with Crippen LogP contribution in [-0.2, 0) is 4.74 Å². The molecule has 1 fully saturated rings. The highest BCUT2D eigenvalue weighted by Crippen LogP contribution is 2.52. The van der Waals surface area contributed by atoms with Gasteiger partial charge in [-0.15, -0.1) is 0 Å². The number of fused-ring (bicyclic) bond motifs is 3. The molecule has 2 aromatic carbocycles. The first kappa shape index (κ1) is 21.6. The third-order valence-corrected chi connectivity index (χ3v) is 6.97. The Balaban J connectivity index is 1.57. The van der Waals surface area contributed by atoms with Crippen LogP contribution < -0.4 is 19.5 Å². The van der Waals surface area contributed by atoms with Gasteiger partial charge in [0.25, 0.3) is 5.91 Å². The summed E-state index contributed by atoms with van der Waals surface area (Å²) in [6.45, 7) is 2.39. The number of ether oxygens (including phenoxy) is 4. The molecule has 2 aliphatic heterocycles. The van der Waals surface area contributed by atoms with Gasteiger partial charge >= 0.3 is 0 Å². The van der Waals surface area contributed by atoms with Gasteiger partial charge in [-0.25, -0.2) is 0 Å². The van der Waals surface area contributed by atoms with E-state index in [9.17, 15) is 4.79 Å². The van der Waals surface area contributed by atoms with Crippen molar-refractivity contribution < 1.29 is 23.7 Å². The Labute approximate surface area is 194 Å². The molecule has 2 aromatic rings. The van der Waals surface area contributed by atoms with Crippen LogP contribution in [0.3, 0.4) is 0 Å². The number of carbonyl (C=O) groups is 1. The van der Waals surface area contributed by atoms with Crippen molar-refractivity contribution in [3.8, 4) is 17.2 Å². The molecule has 1 N–H and O–H groups in total. The highest BCUT2D eigenvalue weighted by atomic mass is 16.5. The predicted molar refractivity (Wildman–Crippen MR) is 126 cm³/mol. The maximum atomic E-state index is 13.4. The Morgan fingerprint density at radius 1 is 1.06 bits per heavy atom. The van der Waals surface area contributed by atoms with Crippen LogP contribution in [0, 0.1) is 5.92 Å². The van der Waals surface area contributed by atoms with Crippen LogP contribution in [0.5, 0.6) is 17.2 Å². The second-order valence-electron chi connectivity index (χ2n) is 8.61. The number of rotatable bonds is 5. The summed E-state index contributed by atoms with van der Waals surface area (Å²) >= 11 is 0. The summed E-state index contributed by atoms with van der Waals surface area (Å²) in [5, 5.41) is 3.74. The third-order valence-electron chi connectivity index (χ3n) is 6.97. The van der Waals surface area contributed by atoms with Crippen molar-refractivity contribution in [3.05, 3.63) is 59.2 Å². The lowest BCUT2D eigenvalue weighted by atomic mass is 9.76. The summed E-state index contributed by atoms with van der Waals surface area (Å²) in [4.78, 5) is 15.3. The summed E-state index contributed by atoms with van der Waals surface area (Å²) in [6, 6.07) is 10.1. The van der Waals surface area contributed by atoms with E-state index in [1.54, 1.807) is 21.3 Å². The Hall–Kier alpha value is -3.19. The zero-order valence-electron chi connectivity index (χ0n) is 19.3. The molecule has 0 saturated carbocycles. The average molecular weight is 451 g/mol. The molecule has 3 aliphatic rings. The maximum Gasteiger partial charge on any atom is 0.256 e. The fraction of sp³-hybridized carbons (Fsp3) is 0.423. The van der Waals surface area contributed by atoms with Crippen LogP contribution in [0.1, 0.15) is 39.9 Å². The first-order valence-electron chi connectivity index (χ1n) is 11.4. The minimum absolute atomic E-state index is 0.00940. The number of benzene rings is 2. The molecule has 1 aliphatic carbocycles. The van der Waals surface area contributed by atoms with Crippen LogP contribution in [0.4, 0.5) is 5.69 Å². The Morgan fingerprint density at radius 3 is 2.45 bits per heavy atom. The summed E-state index contributed by atoms with van der Waals surface area (Å²) < 4.78 is 22.2. The second kappa shape index (κ2) is 8.98. The quantitative estimate of drug-likeness (QED) is 0.695. The number of nitrogens with zero attached hydrogens (tertiary/aromatic N) is 1. The maximum absolute atomic E-state index is 13.4. The number of methoxy groups -OCH3 is 3. The van der Waals surface area contributed by atoms with Crippen molar-refractivity contribution in [1.82, 2.24) is 4.90 Å². The lowest BCUT2D eigenvalue weighted by Gasteiger charge is -2.39. The molecule has 2 heterocycles. The molecule has 3 atom stereocenters. The van der Waals surface area contributed by atoms with E-state index >= 15 is 0 Å². The van der Waals surface area contributed by atoms with E-state index in [4.69, 9.17) is 18.9 Å². The molecular weight excluding hydrogens is 420 g/mol. The van der Waals surface area contributed by atoms with E-state index in [1.165, 1.54) is 5.56 Å². The minimum Gasteiger partial charge on any atom is -0.493 e. The zero-order valence-corrected chi connectivity index (χ0v) is 19.3. The number of para-hydroxylation sites is 1. The van der Waals surface area contributed by atoms with Crippen molar-refractivity contribution in [2.75, 3.05) is 52.9 Å². The minimum atomic E-state index is -0.00940. The molecular formula is C26H30N2O5. The van der Waals surface area contributed by atoms with Crippen LogP contribution in [-0.4, -0.2) is 58.4 Å². The highest BCUT2D eigenvalue weighted by Gasteiger charge is 2.40. The number of carbonyl (C=O) groups excluding carboxylic acids is 1. The average Bonchev–Trinajstić information content (AvgIpc) is 3.37.